The fourth-order valence-corrected chi connectivity index (χ4v) is 2.82. The highest BCUT2D eigenvalue weighted by Crippen LogP contribution is 2.33. The van der Waals surface area contributed by atoms with Crippen LogP contribution in [0.5, 0.6) is 0 Å². The molecule has 19 heavy (non-hydrogen) atoms. The molecule has 2 heteroatoms. The second kappa shape index (κ2) is 4.54. The summed E-state index contributed by atoms with van der Waals surface area (Å²) < 4.78 is 0. The zero-order chi connectivity index (χ0) is 13.4. The lowest BCUT2D eigenvalue weighted by Gasteiger charge is -2.23. The first-order valence-corrected chi connectivity index (χ1v) is 6.65. The van der Waals surface area contributed by atoms with Crippen molar-refractivity contribution in [2.24, 2.45) is 0 Å². The molecule has 2 aromatic rings. The monoisotopic (exact) mass is 251 g/mol. The molecule has 0 fully saturated rings. The third kappa shape index (κ3) is 1.93. The lowest BCUT2D eigenvalue weighted by molar-refractivity contribution is 0.0981. The van der Waals surface area contributed by atoms with Gasteiger partial charge < -0.3 is 4.90 Å². The summed E-state index contributed by atoms with van der Waals surface area (Å²) in [5.74, 6) is 0.107. The third-order valence-electron chi connectivity index (χ3n) is 3.80. The highest BCUT2D eigenvalue weighted by Gasteiger charge is 2.31. The molecule has 2 nitrogen and oxygen atoms in total. The molecular weight excluding hydrogens is 234 g/mol. The van der Waals surface area contributed by atoms with Crippen molar-refractivity contribution >= 4 is 11.6 Å². The van der Waals surface area contributed by atoms with Gasteiger partial charge in [0.1, 0.15) is 0 Å². The number of para-hydroxylation sites is 1. The Bertz CT molecular complexity index is 633. The maximum Gasteiger partial charge on any atom is 0.258 e. The summed E-state index contributed by atoms with van der Waals surface area (Å²) in [4.78, 5) is 14.7. The van der Waals surface area contributed by atoms with Gasteiger partial charge in [0.2, 0.25) is 0 Å². The van der Waals surface area contributed by atoms with Crippen LogP contribution in [0.25, 0.3) is 0 Å². The van der Waals surface area contributed by atoms with Gasteiger partial charge in [-0.3, -0.25) is 4.79 Å². The van der Waals surface area contributed by atoms with E-state index < -0.39 is 0 Å². The summed E-state index contributed by atoms with van der Waals surface area (Å²) in [5.41, 5.74) is 4.15. The lowest BCUT2D eigenvalue weighted by atomic mass is 10.1. The summed E-state index contributed by atoms with van der Waals surface area (Å²) in [6, 6.07) is 16.2. The summed E-state index contributed by atoms with van der Waals surface area (Å²) in [6.45, 7) is 4.09. The number of nitrogens with zero attached hydrogens (tertiary/aromatic N) is 1. The first-order valence-electron chi connectivity index (χ1n) is 6.65. The number of fused-ring (bicyclic) bond motifs is 1. The van der Waals surface area contributed by atoms with E-state index in [2.05, 4.69) is 13.0 Å². The quantitative estimate of drug-likeness (QED) is 0.758. The number of hydrogen-bond acceptors (Lipinski definition) is 1. The van der Waals surface area contributed by atoms with Crippen molar-refractivity contribution in [3.8, 4) is 0 Å². The molecule has 0 saturated heterocycles. The Balaban J connectivity index is 2.03. The molecule has 0 unspecified atom stereocenters. The molecule has 1 heterocycles. The molecular formula is C17H17NO. The van der Waals surface area contributed by atoms with Crippen LogP contribution < -0.4 is 4.90 Å². The highest BCUT2D eigenvalue weighted by molar-refractivity contribution is 6.08. The van der Waals surface area contributed by atoms with Crippen molar-refractivity contribution in [3.05, 3.63) is 65.2 Å². The summed E-state index contributed by atoms with van der Waals surface area (Å²) in [5, 5.41) is 0. The van der Waals surface area contributed by atoms with E-state index in [0.717, 1.165) is 23.2 Å². The largest absolute Gasteiger partial charge is 0.305 e. The molecule has 1 aliphatic rings. The topological polar surface area (TPSA) is 20.3 Å². The van der Waals surface area contributed by atoms with Crippen molar-refractivity contribution in [2.45, 2.75) is 26.3 Å². The smallest absolute Gasteiger partial charge is 0.258 e. The Hall–Kier alpha value is -2.09. The maximum atomic E-state index is 12.8. The predicted molar refractivity (Wildman–Crippen MR) is 77.6 cm³/mol. The van der Waals surface area contributed by atoms with Gasteiger partial charge in [0.25, 0.3) is 5.91 Å². The average molecular weight is 251 g/mol. The molecule has 1 aliphatic heterocycles. The minimum Gasteiger partial charge on any atom is -0.305 e. The number of benzene rings is 2. The van der Waals surface area contributed by atoms with E-state index in [-0.39, 0.29) is 11.9 Å². The van der Waals surface area contributed by atoms with E-state index in [4.69, 9.17) is 0 Å². The Labute approximate surface area is 113 Å². The number of anilines is 1. The van der Waals surface area contributed by atoms with E-state index in [0.29, 0.717) is 0 Å². The molecule has 0 saturated carbocycles. The van der Waals surface area contributed by atoms with Gasteiger partial charge in [-0.05, 0) is 43.5 Å². The number of aryl methyl sites for hydroxylation is 1. The molecule has 96 valence electrons. The Morgan fingerprint density at radius 1 is 1.11 bits per heavy atom. The van der Waals surface area contributed by atoms with E-state index in [1.54, 1.807) is 0 Å². The normalized spacial score (nSPS) is 17.4. The van der Waals surface area contributed by atoms with Gasteiger partial charge in [0, 0.05) is 17.3 Å². The summed E-state index contributed by atoms with van der Waals surface area (Å²) in [6.07, 6.45) is 0.938. The molecule has 1 amide bonds. The maximum absolute atomic E-state index is 12.8. The predicted octanol–water partition coefficient (Wildman–Crippen LogP) is 3.59. The van der Waals surface area contributed by atoms with Gasteiger partial charge in [-0.25, -0.2) is 0 Å². The minimum absolute atomic E-state index is 0.107. The van der Waals surface area contributed by atoms with Crippen molar-refractivity contribution in [3.63, 3.8) is 0 Å². The molecule has 0 N–H and O–H groups in total. The molecule has 0 radical (unpaired) electrons. The van der Waals surface area contributed by atoms with Crippen LogP contribution in [0, 0.1) is 6.92 Å². The Kier molecular flexibility index (Phi) is 2.86. The van der Waals surface area contributed by atoms with E-state index in [9.17, 15) is 4.79 Å². The van der Waals surface area contributed by atoms with E-state index >= 15 is 0 Å². The van der Waals surface area contributed by atoms with Crippen LogP contribution in [-0.2, 0) is 6.42 Å². The van der Waals surface area contributed by atoms with Crippen molar-refractivity contribution in [1.82, 2.24) is 0 Å². The summed E-state index contributed by atoms with van der Waals surface area (Å²) >= 11 is 0. The number of amides is 1. The zero-order valence-corrected chi connectivity index (χ0v) is 11.3. The van der Waals surface area contributed by atoms with Crippen molar-refractivity contribution in [2.75, 3.05) is 4.90 Å². The van der Waals surface area contributed by atoms with Gasteiger partial charge in [-0.1, -0.05) is 36.4 Å². The molecule has 0 spiro atoms. The minimum atomic E-state index is 0.107. The molecule has 0 bridgehead atoms. The van der Waals surface area contributed by atoms with Crippen molar-refractivity contribution < 1.29 is 4.79 Å². The first-order chi connectivity index (χ1) is 9.18. The van der Waals surface area contributed by atoms with Gasteiger partial charge in [-0.2, -0.15) is 0 Å². The lowest BCUT2D eigenvalue weighted by Crippen LogP contribution is -2.36. The van der Waals surface area contributed by atoms with Gasteiger partial charge in [-0.15, -0.1) is 0 Å². The first kappa shape index (κ1) is 12.0. The fourth-order valence-electron chi connectivity index (χ4n) is 2.82. The third-order valence-corrected chi connectivity index (χ3v) is 3.80. The van der Waals surface area contributed by atoms with Gasteiger partial charge in [0.05, 0.1) is 0 Å². The molecule has 1 atom stereocenters. The second-order valence-electron chi connectivity index (χ2n) is 5.17. The molecule has 3 rings (SSSR count). The standard InChI is InChI=1S/C17H17NO/c1-12-7-3-5-9-15(12)17(19)18-13(2)11-14-8-4-6-10-16(14)18/h3-10,13H,11H2,1-2H3/t13-/m0/s1. The van der Waals surface area contributed by atoms with Crippen LogP contribution in [0.4, 0.5) is 5.69 Å². The highest BCUT2D eigenvalue weighted by atomic mass is 16.2. The SMILES string of the molecule is Cc1ccccc1C(=O)N1c2ccccc2C[C@@H]1C. The Morgan fingerprint density at radius 3 is 2.58 bits per heavy atom. The van der Waals surface area contributed by atoms with Crippen LogP contribution in [0.15, 0.2) is 48.5 Å². The molecule has 0 aliphatic carbocycles. The molecule has 0 aromatic heterocycles. The van der Waals surface area contributed by atoms with E-state index in [1.165, 1.54) is 5.56 Å². The average Bonchev–Trinajstić information content (AvgIpc) is 2.74. The van der Waals surface area contributed by atoms with E-state index in [1.807, 2.05) is 54.3 Å². The number of carbonyl (C=O) groups is 1. The summed E-state index contributed by atoms with van der Waals surface area (Å²) in [7, 11) is 0. The Morgan fingerprint density at radius 2 is 1.79 bits per heavy atom. The second-order valence-corrected chi connectivity index (χ2v) is 5.17. The van der Waals surface area contributed by atoms with Crippen LogP contribution >= 0.6 is 0 Å². The number of carbonyl (C=O) groups excluding carboxylic acids is 1. The number of rotatable bonds is 1. The van der Waals surface area contributed by atoms with Gasteiger partial charge in [0.15, 0.2) is 0 Å². The van der Waals surface area contributed by atoms with Crippen LogP contribution in [0.1, 0.15) is 28.4 Å². The molecule has 2 aromatic carbocycles. The van der Waals surface area contributed by atoms with Crippen molar-refractivity contribution in [1.29, 1.82) is 0 Å². The number of hydrogen-bond donors (Lipinski definition) is 0. The van der Waals surface area contributed by atoms with Crippen LogP contribution in [0.3, 0.4) is 0 Å². The zero-order valence-electron chi connectivity index (χ0n) is 11.3. The van der Waals surface area contributed by atoms with Gasteiger partial charge >= 0.3 is 0 Å². The van der Waals surface area contributed by atoms with Crippen LogP contribution in [-0.4, -0.2) is 11.9 Å². The fraction of sp³-hybridized carbons (Fsp3) is 0.235. The van der Waals surface area contributed by atoms with Crippen LogP contribution in [0.2, 0.25) is 0 Å².